The zero-order chi connectivity index (χ0) is 14.9. The second kappa shape index (κ2) is 5.97. The fourth-order valence-electron chi connectivity index (χ4n) is 2.06. The summed E-state index contributed by atoms with van der Waals surface area (Å²) >= 11 is 3.07. The SMILES string of the molecule is CC1CN(S(=O)(=O)c2cc(N)c(Br)cc2F)CCCO1. The van der Waals surface area contributed by atoms with E-state index < -0.39 is 20.7 Å². The Morgan fingerprint density at radius 3 is 2.90 bits per heavy atom. The molecule has 0 aromatic heterocycles. The van der Waals surface area contributed by atoms with Gasteiger partial charge in [-0.2, -0.15) is 4.31 Å². The number of ether oxygens (including phenoxy) is 1. The molecule has 1 atom stereocenters. The van der Waals surface area contributed by atoms with Crippen LogP contribution >= 0.6 is 15.9 Å². The third-order valence-electron chi connectivity index (χ3n) is 3.08. The van der Waals surface area contributed by atoms with Crippen LogP contribution in [0.25, 0.3) is 0 Å². The molecule has 112 valence electrons. The Bertz CT molecular complexity index is 609. The lowest BCUT2D eigenvalue weighted by molar-refractivity contribution is 0.0752. The molecule has 8 heteroatoms. The number of nitrogens with two attached hydrogens (primary N) is 1. The Morgan fingerprint density at radius 2 is 2.20 bits per heavy atom. The molecule has 2 rings (SSSR count). The lowest BCUT2D eigenvalue weighted by Gasteiger charge is -2.22. The minimum absolute atomic E-state index is 0.184. The van der Waals surface area contributed by atoms with Crippen molar-refractivity contribution in [1.29, 1.82) is 0 Å². The lowest BCUT2D eigenvalue weighted by Crippen LogP contribution is -2.36. The van der Waals surface area contributed by atoms with Crippen molar-refractivity contribution in [3.63, 3.8) is 0 Å². The number of benzene rings is 1. The summed E-state index contributed by atoms with van der Waals surface area (Å²) in [6.07, 6.45) is 0.361. The van der Waals surface area contributed by atoms with Crippen molar-refractivity contribution in [3.8, 4) is 0 Å². The summed E-state index contributed by atoms with van der Waals surface area (Å²) in [6, 6.07) is 2.21. The first-order valence-electron chi connectivity index (χ1n) is 6.18. The molecule has 5 nitrogen and oxygen atoms in total. The zero-order valence-electron chi connectivity index (χ0n) is 11.0. The summed E-state index contributed by atoms with van der Waals surface area (Å²) in [4.78, 5) is -0.396. The van der Waals surface area contributed by atoms with E-state index in [0.29, 0.717) is 24.0 Å². The van der Waals surface area contributed by atoms with E-state index >= 15 is 0 Å². The Kier molecular flexibility index (Phi) is 4.68. The predicted molar refractivity (Wildman–Crippen MR) is 77.3 cm³/mol. The Morgan fingerprint density at radius 1 is 1.50 bits per heavy atom. The summed E-state index contributed by atoms with van der Waals surface area (Å²) in [5, 5.41) is 0. The molecule has 20 heavy (non-hydrogen) atoms. The van der Waals surface area contributed by atoms with E-state index in [1.807, 2.05) is 0 Å². The second-order valence-corrected chi connectivity index (χ2v) is 7.46. The predicted octanol–water partition coefficient (Wildman–Crippen LogP) is 1.97. The molecule has 1 heterocycles. The van der Waals surface area contributed by atoms with E-state index in [4.69, 9.17) is 10.5 Å². The number of nitrogen functional groups attached to an aromatic ring is 1. The molecule has 1 aliphatic heterocycles. The van der Waals surface area contributed by atoms with Gasteiger partial charge in [-0.3, -0.25) is 0 Å². The van der Waals surface area contributed by atoms with Crippen molar-refractivity contribution in [2.24, 2.45) is 0 Å². The molecule has 1 aromatic rings. The molecule has 0 saturated carbocycles. The van der Waals surface area contributed by atoms with Crippen molar-refractivity contribution < 1.29 is 17.5 Å². The number of anilines is 1. The molecular formula is C12H16BrFN2O3S. The maximum absolute atomic E-state index is 14.0. The van der Waals surface area contributed by atoms with Gasteiger partial charge < -0.3 is 10.5 Å². The fourth-order valence-corrected chi connectivity index (χ4v) is 4.01. The van der Waals surface area contributed by atoms with Gasteiger partial charge in [0.1, 0.15) is 10.7 Å². The van der Waals surface area contributed by atoms with Crippen LogP contribution in [0.2, 0.25) is 0 Å². The highest BCUT2D eigenvalue weighted by Crippen LogP contribution is 2.28. The number of hydrogen-bond donors (Lipinski definition) is 1. The van der Waals surface area contributed by atoms with Crippen LogP contribution in [0.3, 0.4) is 0 Å². The molecule has 0 bridgehead atoms. The summed E-state index contributed by atoms with van der Waals surface area (Å²) < 4.78 is 46.0. The van der Waals surface area contributed by atoms with Crippen molar-refractivity contribution in [2.75, 3.05) is 25.4 Å². The van der Waals surface area contributed by atoms with Gasteiger partial charge >= 0.3 is 0 Å². The molecule has 1 aromatic carbocycles. The van der Waals surface area contributed by atoms with Gasteiger partial charge in [0.25, 0.3) is 0 Å². The molecular weight excluding hydrogens is 351 g/mol. The standard InChI is InChI=1S/C12H16BrFN2O3S/c1-8-7-16(3-2-4-19-8)20(17,18)12-6-11(15)9(13)5-10(12)14/h5-6,8H,2-4,7,15H2,1H3. The molecule has 1 fully saturated rings. The average molecular weight is 367 g/mol. The van der Waals surface area contributed by atoms with Crippen LogP contribution in [0.1, 0.15) is 13.3 Å². The number of rotatable bonds is 2. The van der Waals surface area contributed by atoms with Crippen molar-refractivity contribution in [2.45, 2.75) is 24.3 Å². The van der Waals surface area contributed by atoms with E-state index in [0.717, 1.165) is 12.1 Å². The zero-order valence-corrected chi connectivity index (χ0v) is 13.4. The smallest absolute Gasteiger partial charge is 0.246 e. The minimum Gasteiger partial charge on any atom is -0.398 e. The van der Waals surface area contributed by atoms with E-state index in [2.05, 4.69) is 15.9 Å². The normalized spacial score (nSPS) is 21.6. The molecule has 1 aliphatic rings. The van der Waals surface area contributed by atoms with Gasteiger partial charge in [-0.25, -0.2) is 12.8 Å². The summed E-state index contributed by atoms with van der Waals surface area (Å²) in [5.74, 6) is -0.816. The molecule has 0 aliphatic carbocycles. The lowest BCUT2D eigenvalue weighted by atomic mass is 10.3. The number of halogens is 2. The fraction of sp³-hybridized carbons (Fsp3) is 0.500. The van der Waals surface area contributed by atoms with Crippen LogP contribution in [0.15, 0.2) is 21.5 Å². The Balaban J connectivity index is 2.41. The number of sulfonamides is 1. The van der Waals surface area contributed by atoms with E-state index in [1.165, 1.54) is 4.31 Å². The summed E-state index contributed by atoms with van der Waals surface area (Å²) in [5.41, 5.74) is 5.84. The molecule has 0 amide bonds. The van der Waals surface area contributed by atoms with Gasteiger partial charge in [0.2, 0.25) is 10.0 Å². The number of nitrogens with zero attached hydrogens (tertiary/aromatic N) is 1. The minimum atomic E-state index is -3.91. The third kappa shape index (κ3) is 3.13. The van der Waals surface area contributed by atoms with Gasteiger partial charge in [0.05, 0.1) is 6.10 Å². The van der Waals surface area contributed by atoms with Gasteiger partial charge in [-0.1, -0.05) is 0 Å². The monoisotopic (exact) mass is 366 g/mol. The quantitative estimate of drug-likeness (QED) is 0.812. The van der Waals surface area contributed by atoms with Crippen LogP contribution < -0.4 is 5.73 Å². The van der Waals surface area contributed by atoms with E-state index in [-0.39, 0.29) is 18.3 Å². The highest BCUT2D eigenvalue weighted by molar-refractivity contribution is 9.10. The van der Waals surface area contributed by atoms with Gasteiger partial charge in [0.15, 0.2) is 0 Å². The largest absolute Gasteiger partial charge is 0.398 e. The molecule has 1 saturated heterocycles. The van der Waals surface area contributed by atoms with Crippen LogP contribution in [0.5, 0.6) is 0 Å². The number of hydrogen-bond acceptors (Lipinski definition) is 4. The summed E-state index contributed by atoms with van der Waals surface area (Å²) in [7, 11) is -3.91. The highest BCUT2D eigenvalue weighted by Gasteiger charge is 2.30. The van der Waals surface area contributed by atoms with Crippen molar-refractivity contribution in [3.05, 3.63) is 22.4 Å². The van der Waals surface area contributed by atoms with Crippen molar-refractivity contribution in [1.82, 2.24) is 4.31 Å². The van der Waals surface area contributed by atoms with Crippen LogP contribution in [0, 0.1) is 5.82 Å². The van der Waals surface area contributed by atoms with Gasteiger partial charge in [-0.05, 0) is 41.4 Å². The first kappa shape index (κ1) is 15.7. The molecule has 2 N–H and O–H groups in total. The molecule has 1 unspecified atom stereocenters. The Hall–Kier alpha value is -0.700. The Labute approximate surface area is 126 Å². The highest BCUT2D eigenvalue weighted by atomic mass is 79.9. The topological polar surface area (TPSA) is 72.6 Å². The third-order valence-corrected chi connectivity index (χ3v) is 5.65. The molecule has 0 spiro atoms. The second-order valence-electron chi connectivity index (χ2n) is 4.70. The summed E-state index contributed by atoms with van der Waals surface area (Å²) in [6.45, 7) is 2.80. The van der Waals surface area contributed by atoms with Crippen molar-refractivity contribution >= 4 is 31.6 Å². The van der Waals surface area contributed by atoms with Crippen LogP contribution in [0.4, 0.5) is 10.1 Å². The average Bonchev–Trinajstić information content (AvgIpc) is 2.58. The first-order chi connectivity index (χ1) is 9.32. The van der Waals surface area contributed by atoms with Crippen LogP contribution in [-0.2, 0) is 14.8 Å². The molecule has 0 radical (unpaired) electrons. The van der Waals surface area contributed by atoms with Gasteiger partial charge in [-0.15, -0.1) is 0 Å². The van der Waals surface area contributed by atoms with Gasteiger partial charge in [0, 0.05) is 29.9 Å². The maximum Gasteiger partial charge on any atom is 0.246 e. The van der Waals surface area contributed by atoms with E-state index in [1.54, 1.807) is 6.92 Å². The van der Waals surface area contributed by atoms with E-state index in [9.17, 15) is 12.8 Å². The maximum atomic E-state index is 14.0. The first-order valence-corrected chi connectivity index (χ1v) is 8.42. The van der Waals surface area contributed by atoms with Crippen LogP contribution in [-0.4, -0.2) is 38.5 Å².